The fraction of sp³-hybridized carbons (Fsp3) is 0.417. The highest BCUT2D eigenvalue weighted by Gasteiger charge is 2.44. The SMILES string of the molecule is O=C(O)C[C@@H]1CC(c2cccc(Cl)c2)C(c2ccc(Cl)cc2)N(CC2CCC2)C1=O. The average molecular weight is 446 g/mol. The van der Waals surface area contributed by atoms with Crippen molar-refractivity contribution in [2.45, 2.75) is 44.1 Å². The Balaban J connectivity index is 1.78. The van der Waals surface area contributed by atoms with E-state index in [9.17, 15) is 14.7 Å². The number of halogens is 2. The summed E-state index contributed by atoms with van der Waals surface area (Å²) in [5, 5.41) is 10.7. The van der Waals surface area contributed by atoms with Crippen molar-refractivity contribution in [1.82, 2.24) is 4.90 Å². The Bertz CT molecular complexity index is 926. The summed E-state index contributed by atoms with van der Waals surface area (Å²) in [4.78, 5) is 26.9. The van der Waals surface area contributed by atoms with Gasteiger partial charge in [0.25, 0.3) is 0 Å². The van der Waals surface area contributed by atoms with E-state index < -0.39 is 11.9 Å². The van der Waals surface area contributed by atoms with Crippen LogP contribution in [0.4, 0.5) is 0 Å². The van der Waals surface area contributed by atoms with Gasteiger partial charge < -0.3 is 10.0 Å². The quantitative estimate of drug-likeness (QED) is 0.597. The molecule has 1 amide bonds. The number of piperidine rings is 1. The molecule has 30 heavy (non-hydrogen) atoms. The molecule has 4 rings (SSSR count). The van der Waals surface area contributed by atoms with E-state index in [-0.39, 0.29) is 24.3 Å². The molecule has 2 aromatic rings. The second kappa shape index (κ2) is 8.99. The molecule has 1 N–H and O–H groups in total. The van der Waals surface area contributed by atoms with Gasteiger partial charge in [0.1, 0.15) is 0 Å². The number of carbonyl (C=O) groups excluding carboxylic acids is 1. The van der Waals surface area contributed by atoms with Gasteiger partial charge in [-0.2, -0.15) is 0 Å². The van der Waals surface area contributed by atoms with Crippen molar-refractivity contribution in [3.8, 4) is 0 Å². The zero-order chi connectivity index (χ0) is 21.3. The lowest BCUT2D eigenvalue weighted by molar-refractivity contribution is -0.150. The van der Waals surface area contributed by atoms with Gasteiger partial charge in [0.15, 0.2) is 0 Å². The number of aliphatic carboxylic acids is 1. The first-order chi connectivity index (χ1) is 14.4. The number of amides is 1. The summed E-state index contributed by atoms with van der Waals surface area (Å²) in [5.41, 5.74) is 2.05. The van der Waals surface area contributed by atoms with Crippen molar-refractivity contribution in [3.63, 3.8) is 0 Å². The Labute approximate surface area is 186 Å². The number of likely N-dealkylation sites (tertiary alicyclic amines) is 1. The molecule has 1 aliphatic carbocycles. The van der Waals surface area contributed by atoms with E-state index >= 15 is 0 Å². The molecule has 1 heterocycles. The summed E-state index contributed by atoms with van der Waals surface area (Å²) in [5.74, 6) is -1.08. The van der Waals surface area contributed by atoms with Crippen LogP contribution in [-0.4, -0.2) is 28.4 Å². The van der Waals surface area contributed by atoms with Gasteiger partial charge in [0.05, 0.1) is 12.5 Å². The highest BCUT2D eigenvalue weighted by atomic mass is 35.5. The molecule has 158 valence electrons. The van der Waals surface area contributed by atoms with Gasteiger partial charge >= 0.3 is 5.97 Å². The zero-order valence-electron chi connectivity index (χ0n) is 16.6. The third-order valence-electron chi connectivity index (χ3n) is 6.48. The molecule has 4 nitrogen and oxygen atoms in total. The van der Waals surface area contributed by atoms with Gasteiger partial charge in [0.2, 0.25) is 5.91 Å². The Morgan fingerprint density at radius 1 is 1.03 bits per heavy atom. The summed E-state index contributed by atoms with van der Waals surface area (Å²) in [6.45, 7) is 0.666. The largest absolute Gasteiger partial charge is 0.481 e. The summed E-state index contributed by atoms with van der Waals surface area (Å²) in [6, 6.07) is 15.2. The molecule has 3 atom stereocenters. The molecule has 0 aromatic heterocycles. The maximum absolute atomic E-state index is 13.4. The van der Waals surface area contributed by atoms with Crippen LogP contribution in [0.5, 0.6) is 0 Å². The molecule has 1 saturated heterocycles. The average Bonchev–Trinajstić information content (AvgIpc) is 2.67. The summed E-state index contributed by atoms with van der Waals surface area (Å²) in [7, 11) is 0. The minimum atomic E-state index is -0.938. The summed E-state index contributed by atoms with van der Waals surface area (Å²) < 4.78 is 0. The number of rotatable bonds is 6. The van der Waals surface area contributed by atoms with Crippen LogP contribution in [0.15, 0.2) is 48.5 Å². The molecule has 1 saturated carbocycles. The monoisotopic (exact) mass is 445 g/mol. The lowest BCUT2D eigenvalue weighted by Gasteiger charge is -2.47. The molecule has 0 bridgehead atoms. The van der Waals surface area contributed by atoms with Gasteiger partial charge in [-0.3, -0.25) is 9.59 Å². The van der Waals surface area contributed by atoms with Crippen LogP contribution in [0.2, 0.25) is 10.0 Å². The number of carbonyl (C=O) groups is 2. The topological polar surface area (TPSA) is 57.6 Å². The smallest absolute Gasteiger partial charge is 0.304 e. The van der Waals surface area contributed by atoms with E-state index in [0.29, 0.717) is 28.9 Å². The number of hydrogen-bond acceptors (Lipinski definition) is 2. The van der Waals surface area contributed by atoms with E-state index in [1.165, 1.54) is 6.42 Å². The molecule has 0 radical (unpaired) electrons. The van der Waals surface area contributed by atoms with Crippen LogP contribution in [0, 0.1) is 11.8 Å². The number of carboxylic acid groups (broad SMARTS) is 1. The van der Waals surface area contributed by atoms with Crippen LogP contribution in [-0.2, 0) is 9.59 Å². The summed E-state index contributed by atoms with van der Waals surface area (Å²) >= 11 is 12.4. The third-order valence-corrected chi connectivity index (χ3v) is 6.96. The highest BCUT2D eigenvalue weighted by molar-refractivity contribution is 6.30. The van der Waals surface area contributed by atoms with Crippen molar-refractivity contribution < 1.29 is 14.7 Å². The molecule has 6 heteroatoms. The first-order valence-corrected chi connectivity index (χ1v) is 11.2. The van der Waals surface area contributed by atoms with Crippen LogP contribution in [0.1, 0.15) is 55.2 Å². The van der Waals surface area contributed by atoms with E-state index in [1.54, 1.807) is 0 Å². The molecule has 1 aliphatic heterocycles. The molecule has 2 aliphatic rings. The number of hydrogen-bond donors (Lipinski definition) is 1. The van der Waals surface area contributed by atoms with Gasteiger partial charge in [-0.15, -0.1) is 0 Å². The fourth-order valence-corrected chi connectivity index (χ4v) is 5.12. The number of benzene rings is 2. The maximum Gasteiger partial charge on any atom is 0.304 e. The van der Waals surface area contributed by atoms with E-state index in [1.807, 2.05) is 53.4 Å². The third kappa shape index (κ3) is 4.50. The van der Waals surface area contributed by atoms with Crippen molar-refractivity contribution in [2.24, 2.45) is 11.8 Å². The zero-order valence-corrected chi connectivity index (χ0v) is 18.1. The van der Waals surface area contributed by atoms with Gasteiger partial charge in [-0.25, -0.2) is 0 Å². The van der Waals surface area contributed by atoms with Gasteiger partial charge in [-0.1, -0.05) is 53.9 Å². The normalized spacial score (nSPS) is 24.5. The summed E-state index contributed by atoms with van der Waals surface area (Å²) in [6.07, 6.45) is 3.75. The van der Waals surface area contributed by atoms with Crippen LogP contribution < -0.4 is 0 Å². The van der Waals surface area contributed by atoms with Crippen molar-refractivity contribution in [3.05, 3.63) is 69.7 Å². The van der Waals surface area contributed by atoms with Gasteiger partial charge in [-0.05, 0) is 60.6 Å². The minimum absolute atomic E-state index is 0.0352. The minimum Gasteiger partial charge on any atom is -0.481 e. The maximum atomic E-state index is 13.4. The fourth-order valence-electron chi connectivity index (χ4n) is 4.79. The predicted molar refractivity (Wildman–Crippen MR) is 118 cm³/mol. The first-order valence-electron chi connectivity index (χ1n) is 10.5. The molecular formula is C24H25Cl2NO3. The Hall–Kier alpha value is -2.04. The van der Waals surface area contributed by atoms with Crippen LogP contribution >= 0.6 is 23.2 Å². The predicted octanol–water partition coefficient (Wildman–Crippen LogP) is 5.94. The standard InChI is InChI=1S/C24H25Cl2NO3/c25-19-9-7-16(8-10-19)23-21(17-5-2-6-20(26)11-17)12-18(13-22(28)29)24(30)27(23)14-15-3-1-4-15/h2,5-11,15,18,21,23H,1,3-4,12-14H2,(H,28,29)/t18-,21?,23?/m0/s1. The number of nitrogens with zero attached hydrogens (tertiary/aromatic N) is 1. The lowest BCUT2D eigenvalue weighted by Crippen LogP contribution is -2.49. The first kappa shape index (κ1) is 21.2. The molecule has 0 spiro atoms. The van der Waals surface area contributed by atoms with Crippen molar-refractivity contribution in [2.75, 3.05) is 6.54 Å². The van der Waals surface area contributed by atoms with Crippen molar-refractivity contribution in [1.29, 1.82) is 0 Å². The molecular weight excluding hydrogens is 421 g/mol. The Morgan fingerprint density at radius 2 is 1.77 bits per heavy atom. The Kier molecular flexibility index (Phi) is 6.35. The number of carboxylic acids is 1. The molecule has 2 fully saturated rings. The Morgan fingerprint density at radius 3 is 2.37 bits per heavy atom. The van der Waals surface area contributed by atoms with E-state index in [4.69, 9.17) is 23.2 Å². The van der Waals surface area contributed by atoms with Crippen LogP contribution in [0.3, 0.4) is 0 Å². The highest BCUT2D eigenvalue weighted by Crippen LogP contribution is 2.47. The second-order valence-corrected chi connectivity index (χ2v) is 9.35. The van der Waals surface area contributed by atoms with E-state index in [0.717, 1.165) is 24.0 Å². The second-order valence-electron chi connectivity index (χ2n) is 8.48. The van der Waals surface area contributed by atoms with Crippen LogP contribution in [0.25, 0.3) is 0 Å². The molecule has 2 unspecified atom stereocenters. The van der Waals surface area contributed by atoms with Gasteiger partial charge in [0, 0.05) is 28.4 Å². The van der Waals surface area contributed by atoms with Crippen molar-refractivity contribution >= 4 is 35.1 Å². The van der Waals surface area contributed by atoms with E-state index in [2.05, 4.69) is 0 Å². The lowest BCUT2D eigenvalue weighted by atomic mass is 9.74. The molecule has 2 aromatic carbocycles.